The highest BCUT2D eigenvalue weighted by molar-refractivity contribution is 6.03. The van der Waals surface area contributed by atoms with Crippen LogP contribution in [0.25, 0.3) is 0 Å². The quantitative estimate of drug-likeness (QED) is 0.741. The van der Waals surface area contributed by atoms with Crippen molar-refractivity contribution in [2.75, 3.05) is 24.5 Å². The second-order valence-corrected chi connectivity index (χ2v) is 9.84. The van der Waals surface area contributed by atoms with Gasteiger partial charge in [0.1, 0.15) is 5.60 Å². The molecule has 1 fully saturated rings. The summed E-state index contributed by atoms with van der Waals surface area (Å²) in [6, 6.07) is 14.7. The van der Waals surface area contributed by atoms with E-state index in [1.807, 2.05) is 30.3 Å². The van der Waals surface area contributed by atoms with E-state index in [9.17, 15) is 14.4 Å². The Morgan fingerprint density at radius 2 is 1.82 bits per heavy atom. The fraction of sp³-hybridized carbons (Fsp3) is 0.423. The number of hydrogen-bond donors (Lipinski definition) is 1. The monoisotopic (exact) mass is 467 g/mol. The molecule has 1 atom stereocenters. The van der Waals surface area contributed by atoms with Crippen LogP contribution in [0.4, 0.5) is 14.9 Å². The number of fused-ring (bicyclic) bond motifs is 1. The van der Waals surface area contributed by atoms with Crippen LogP contribution in [0.5, 0.6) is 0 Å². The number of rotatable bonds is 4. The van der Waals surface area contributed by atoms with Crippen LogP contribution >= 0.6 is 0 Å². The largest absolute Gasteiger partial charge is 0.444 e. The van der Waals surface area contributed by atoms with Crippen molar-refractivity contribution in [2.24, 2.45) is 0 Å². The van der Waals surface area contributed by atoms with Crippen molar-refractivity contribution >= 4 is 23.6 Å². The van der Waals surface area contributed by atoms with Crippen LogP contribution in [0.2, 0.25) is 0 Å². The van der Waals surface area contributed by atoms with E-state index in [2.05, 4.69) is 5.32 Å². The summed E-state index contributed by atoms with van der Waals surface area (Å²) in [6.45, 7) is 5.77. The SMILES string of the molecule is CC(C)(C)OC(=O)N1CCC(F)(C(=O)N2CCc3cc(C(=O)NCc4ccccc4)ccc32)C1. The number of halogens is 1. The van der Waals surface area contributed by atoms with Crippen molar-refractivity contribution in [1.82, 2.24) is 10.2 Å². The van der Waals surface area contributed by atoms with Gasteiger partial charge in [-0.05, 0) is 56.5 Å². The van der Waals surface area contributed by atoms with Gasteiger partial charge in [0, 0.05) is 37.3 Å². The van der Waals surface area contributed by atoms with E-state index in [1.165, 1.54) is 9.80 Å². The van der Waals surface area contributed by atoms with Crippen LogP contribution in [-0.2, 0) is 22.5 Å². The number of nitrogens with zero attached hydrogens (tertiary/aromatic N) is 2. The van der Waals surface area contributed by atoms with Crippen LogP contribution < -0.4 is 10.2 Å². The van der Waals surface area contributed by atoms with Gasteiger partial charge in [-0.2, -0.15) is 0 Å². The van der Waals surface area contributed by atoms with Crippen molar-refractivity contribution in [3.05, 3.63) is 65.2 Å². The molecule has 7 nitrogen and oxygen atoms in total. The van der Waals surface area contributed by atoms with Gasteiger partial charge in [0.25, 0.3) is 11.8 Å². The van der Waals surface area contributed by atoms with Gasteiger partial charge in [-0.1, -0.05) is 30.3 Å². The van der Waals surface area contributed by atoms with Gasteiger partial charge >= 0.3 is 6.09 Å². The Bertz CT molecular complexity index is 1100. The smallest absolute Gasteiger partial charge is 0.410 e. The number of amides is 3. The molecule has 0 aliphatic carbocycles. The van der Waals surface area contributed by atoms with Crippen molar-refractivity contribution in [1.29, 1.82) is 0 Å². The summed E-state index contributed by atoms with van der Waals surface area (Å²) in [5.41, 5.74) is 0.0740. The number of ether oxygens (including phenoxy) is 1. The first-order valence-corrected chi connectivity index (χ1v) is 11.5. The van der Waals surface area contributed by atoms with Crippen LogP contribution in [-0.4, -0.2) is 53.7 Å². The highest BCUT2D eigenvalue weighted by Crippen LogP contribution is 2.35. The standard InChI is InChI=1S/C26H30FN3O4/c1-25(2,3)34-24(33)29-14-12-26(27,17-29)23(32)30-13-11-19-15-20(9-10-21(19)30)22(31)28-16-18-7-5-4-6-8-18/h4-10,15H,11-14,16-17H2,1-3H3,(H,28,31). The maximum Gasteiger partial charge on any atom is 0.410 e. The zero-order chi connectivity index (χ0) is 24.5. The fourth-order valence-corrected chi connectivity index (χ4v) is 4.31. The third-order valence-corrected chi connectivity index (χ3v) is 6.03. The molecular weight excluding hydrogens is 437 g/mol. The van der Waals surface area contributed by atoms with Crippen molar-refractivity contribution in [3.8, 4) is 0 Å². The molecule has 2 aliphatic rings. The van der Waals surface area contributed by atoms with Crippen molar-refractivity contribution in [3.63, 3.8) is 0 Å². The Labute approximate surface area is 198 Å². The fourth-order valence-electron chi connectivity index (χ4n) is 4.31. The van der Waals surface area contributed by atoms with Gasteiger partial charge in [0.2, 0.25) is 5.67 Å². The predicted molar refractivity (Wildman–Crippen MR) is 126 cm³/mol. The summed E-state index contributed by atoms with van der Waals surface area (Å²) in [6.07, 6.45) is -0.156. The molecule has 0 spiro atoms. The number of likely N-dealkylation sites (tertiary alicyclic amines) is 1. The van der Waals surface area contributed by atoms with Gasteiger partial charge in [0.05, 0.1) is 6.54 Å². The zero-order valence-corrected chi connectivity index (χ0v) is 19.8. The summed E-state index contributed by atoms with van der Waals surface area (Å²) in [5, 5.41) is 2.89. The van der Waals surface area contributed by atoms with Crippen LogP contribution in [0.3, 0.4) is 0 Å². The number of nitrogens with one attached hydrogen (secondary N) is 1. The first kappa shape index (κ1) is 23.7. The van der Waals surface area contributed by atoms with Gasteiger partial charge in [0.15, 0.2) is 0 Å². The molecule has 180 valence electrons. The summed E-state index contributed by atoms with van der Waals surface area (Å²) >= 11 is 0. The number of alkyl halides is 1. The Balaban J connectivity index is 1.41. The molecule has 1 N–H and O–H groups in total. The van der Waals surface area contributed by atoms with Gasteiger partial charge in [-0.3, -0.25) is 9.59 Å². The van der Waals surface area contributed by atoms with E-state index < -0.39 is 23.3 Å². The molecule has 4 rings (SSSR count). The van der Waals surface area contributed by atoms with Crippen LogP contribution in [0.1, 0.15) is 48.7 Å². The minimum atomic E-state index is -2.16. The van der Waals surface area contributed by atoms with Gasteiger partial charge in [-0.25, -0.2) is 9.18 Å². The molecule has 2 aliphatic heterocycles. The first-order valence-electron chi connectivity index (χ1n) is 11.5. The molecule has 0 aromatic heterocycles. The number of benzene rings is 2. The predicted octanol–water partition coefficient (Wildman–Crippen LogP) is 3.85. The summed E-state index contributed by atoms with van der Waals surface area (Å²) in [5.74, 6) is -0.860. The van der Waals surface area contributed by atoms with E-state index >= 15 is 4.39 Å². The van der Waals surface area contributed by atoms with E-state index in [4.69, 9.17) is 4.74 Å². The lowest BCUT2D eigenvalue weighted by molar-refractivity contribution is -0.129. The summed E-state index contributed by atoms with van der Waals surface area (Å²) in [7, 11) is 0. The Kier molecular flexibility index (Phi) is 6.34. The molecule has 2 heterocycles. The third-order valence-electron chi connectivity index (χ3n) is 6.03. The highest BCUT2D eigenvalue weighted by atomic mass is 19.1. The number of carbonyl (C=O) groups is 3. The molecule has 8 heteroatoms. The van der Waals surface area contributed by atoms with E-state index in [0.29, 0.717) is 30.8 Å². The molecule has 34 heavy (non-hydrogen) atoms. The average molecular weight is 468 g/mol. The number of hydrogen-bond acceptors (Lipinski definition) is 4. The Hall–Kier alpha value is -3.42. The highest BCUT2D eigenvalue weighted by Gasteiger charge is 2.50. The Morgan fingerprint density at radius 1 is 1.09 bits per heavy atom. The molecule has 0 bridgehead atoms. The summed E-state index contributed by atoms with van der Waals surface area (Å²) in [4.78, 5) is 40.7. The lowest BCUT2D eigenvalue weighted by Crippen LogP contribution is -2.48. The van der Waals surface area contributed by atoms with Crippen molar-refractivity contribution < 1.29 is 23.5 Å². The second kappa shape index (κ2) is 9.08. The van der Waals surface area contributed by atoms with Crippen LogP contribution in [0, 0.1) is 0 Å². The average Bonchev–Trinajstić information content (AvgIpc) is 3.41. The molecule has 1 saturated heterocycles. The minimum Gasteiger partial charge on any atom is -0.444 e. The molecule has 1 unspecified atom stereocenters. The van der Waals surface area contributed by atoms with Crippen molar-refractivity contribution in [2.45, 2.75) is 51.4 Å². The third kappa shape index (κ3) is 5.05. The Morgan fingerprint density at radius 3 is 2.53 bits per heavy atom. The lowest BCUT2D eigenvalue weighted by Gasteiger charge is -2.27. The molecular formula is C26H30FN3O4. The second-order valence-electron chi connectivity index (χ2n) is 9.84. The van der Waals surface area contributed by atoms with Gasteiger partial charge in [-0.15, -0.1) is 0 Å². The number of carbonyl (C=O) groups excluding carboxylic acids is 3. The normalized spacial score (nSPS) is 19.6. The maximum atomic E-state index is 15.7. The van der Waals surface area contributed by atoms with E-state index in [0.717, 1.165) is 11.1 Å². The first-order chi connectivity index (χ1) is 16.1. The number of anilines is 1. The maximum absolute atomic E-state index is 15.7. The lowest BCUT2D eigenvalue weighted by atomic mass is 10.0. The molecule has 0 saturated carbocycles. The van der Waals surface area contributed by atoms with Crippen LogP contribution in [0.15, 0.2) is 48.5 Å². The zero-order valence-electron chi connectivity index (χ0n) is 19.8. The van der Waals surface area contributed by atoms with E-state index in [-0.39, 0.29) is 25.4 Å². The molecule has 0 radical (unpaired) electrons. The molecule has 2 aromatic rings. The molecule has 2 aromatic carbocycles. The van der Waals surface area contributed by atoms with Gasteiger partial charge < -0.3 is 19.9 Å². The topological polar surface area (TPSA) is 79.0 Å². The van der Waals surface area contributed by atoms with E-state index in [1.54, 1.807) is 39.0 Å². The minimum absolute atomic E-state index is 0.0725. The summed E-state index contributed by atoms with van der Waals surface area (Å²) < 4.78 is 21.0. The molecule has 3 amide bonds.